The van der Waals surface area contributed by atoms with Crippen LogP contribution in [0.1, 0.15) is 10.4 Å². The van der Waals surface area contributed by atoms with Gasteiger partial charge in [0.05, 0.1) is 19.8 Å². The highest BCUT2D eigenvalue weighted by atomic mass is 35.5. The number of thiophene rings is 1. The Morgan fingerprint density at radius 2 is 2.05 bits per heavy atom. The molecule has 0 spiro atoms. The molecule has 0 atom stereocenters. The molecular formula is C14H20ClNO2S. The number of aliphatic hydroxyl groups is 1. The van der Waals surface area contributed by atoms with Gasteiger partial charge in [0.25, 0.3) is 0 Å². The van der Waals surface area contributed by atoms with E-state index in [4.69, 9.17) is 9.84 Å². The second-order valence-corrected chi connectivity index (χ2v) is 5.77. The van der Waals surface area contributed by atoms with Gasteiger partial charge in [-0.05, 0) is 43.2 Å². The highest BCUT2D eigenvalue weighted by molar-refractivity contribution is 7.19. The molecule has 3 nitrogen and oxygen atoms in total. The van der Waals surface area contributed by atoms with E-state index in [2.05, 4.69) is 17.0 Å². The van der Waals surface area contributed by atoms with Gasteiger partial charge in [-0.2, -0.15) is 0 Å². The lowest BCUT2D eigenvalue weighted by Gasteiger charge is -2.08. The normalized spacial score (nSPS) is 10.9. The van der Waals surface area contributed by atoms with Crippen molar-refractivity contribution in [1.29, 1.82) is 0 Å². The summed E-state index contributed by atoms with van der Waals surface area (Å²) < 4.78 is 6.88. The summed E-state index contributed by atoms with van der Waals surface area (Å²) in [7, 11) is 4.08. The zero-order valence-electron chi connectivity index (χ0n) is 11.3. The predicted molar refractivity (Wildman–Crippen MR) is 83.2 cm³/mol. The topological polar surface area (TPSA) is 32.7 Å². The van der Waals surface area contributed by atoms with Crippen LogP contribution >= 0.6 is 23.7 Å². The molecule has 19 heavy (non-hydrogen) atoms. The predicted octanol–water partition coefficient (Wildman–Crippen LogP) is 2.89. The van der Waals surface area contributed by atoms with E-state index in [1.165, 1.54) is 15.0 Å². The fourth-order valence-corrected chi connectivity index (χ4v) is 2.72. The maximum absolute atomic E-state index is 9.10. The monoisotopic (exact) mass is 301 g/mol. The van der Waals surface area contributed by atoms with E-state index < -0.39 is 0 Å². The van der Waals surface area contributed by atoms with E-state index in [0.29, 0.717) is 6.61 Å². The number of hydrogen-bond acceptors (Lipinski definition) is 4. The molecule has 0 saturated carbocycles. The third-order valence-electron chi connectivity index (χ3n) is 2.74. The van der Waals surface area contributed by atoms with E-state index in [1.54, 1.807) is 11.3 Å². The van der Waals surface area contributed by atoms with E-state index in [0.717, 1.165) is 18.7 Å². The van der Waals surface area contributed by atoms with Crippen LogP contribution in [0.4, 0.5) is 0 Å². The maximum Gasteiger partial charge on any atom is 0.0810 e. The molecule has 0 radical (unpaired) electrons. The van der Waals surface area contributed by atoms with Gasteiger partial charge in [-0.15, -0.1) is 23.7 Å². The lowest BCUT2D eigenvalue weighted by molar-refractivity contribution is 0.107. The molecule has 1 aromatic carbocycles. The van der Waals surface area contributed by atoms with Crippen molar-refractivity contribution >= 4 is 33.8 Å². The molecule has 1 heterocycles. The zero-order valence-corrected chi connectivity index (χ0v) is 12.9. The van der Waals surface area contributed by atoms with Gasteiger partial charge in [0.15, 0.2) is 0 Å². The first-order valence-electron chi connectivity index (χ1n) is 6.03. The summed E-state index contributed by atoms with van der Waals surface area (Å²) >= 11 is 1.76. The minimum atomic E-state index is 0. The lowest BCUT2D eigenvalue weighted by atomic mass is 10.2. The van der Waals surface area contributed by atoms with Crippen molar-refractivity contribution in [3.05, 3.63) is 34.7 Å². The molecule has 0 amide bonds. The van der Waals surface area contributed by atoms with Crippen molar-refractivity contribution in [3.8, 4) is 0 Å². The number of halogens is 1. The molecule has 2 aromatic rings. The van der Waals surface area contributed by atoms with Crippen LogP contribution in [0.25, 0.3) is 10.1 Å². The summed E-state index contributed by atoms with van der Waals surface area (Å²) in [5.41, 5.74) is 0.959. The molecule has 0 unspecified atom stereocenters. The minimum absolute atomic E-state index is 0. The van der Waals surface area contributed by atoms with Gasteiger partial charge in [0, 0.05) is 16.1 Å². The van der Waals surface area contributed by atoms with E-state index in [9.17, 15) is 0 Å². The number of ether oxygens (including phenoxy) is 1. The van der Waals surface area contributed by atoms with Gasteiger partial charge in [0.1, 0.15) is 0 Å². The Hall–Kier alpha value is -0.650. The molecule has 0 bridgehead atoms. The maximum atomic E-state index is 9.10. The minimum Gasteiger partial charge on any atom is -0.392 e. The Balaban J connectivity index is 0.00000180. The average molecular weight is 302 g/mol. The van der Waals surface area contributed by atoms with Crippen molar-refractivity contribution in [3.63, 3.8) is 0 Å². The van der Waals surface area contributed by atoms with Crippen LogP contribution in [0.2, 0.25) is 0 Å². The molecule has 2 rings (SSSR count). The Morgan fingerprint density at radius 3 is 2.74 bits per heavy atom. The molecule has 106 valence electrons. The van der Waals surface area contributed by atoms with E-state index in [1.807, 2.05) is 26.2 Å². The molecule has 0 saturated heterocycles. The highest BCUT2D eigenvalue weighted by Gasteiger charge is 2.03. The van der Waals surface area contributed by atoms with E-state index >= 15 is 0 Å². The van der Waals surface area contributed by atoms with Gasteiger partial charge < -0.3 is 14.7 Å². The molecule has 0 fully saturated rings. The second-order valence-electron chi connectivity index (χ2n) is 4.60. The third-order valence-corrected chi connectivity index (χ3v) is 3.83. The van der Waals surface area contributed by atoms with Crippen molar-refractivity contribution in [2.45, 2.75) is 13.2 Å². The summed E-state index contributed by atoms with van der Waals surface area (Å²) in [5, 5.41) is 10.3. The molecule has 0 aliphatic rings. The van der Waals surface area contributed by atoms with Crippen molar-refractivity contribution in [1.82, 2.24) is 4.90 Å². The van der Waals surface area contributed by atoms with E-state index in [-0.39, 0.29) is 19.0 Å². The smallest absolute Gasteiger partial charge is 0.0810 e. The first-order chi connectivity index (χ1) is 8.69. The van der Waals surface area contributed by atoms with Gasteiger partial charge in [-0.25, -0.2) is 0 Å². The standard InChI is InChI=1S/C14H19NO2S.ClH/c1-15(2)5-6-17-10-13-8-12-7-11(9-16)3-4-14(12)18-13;/h3-4,7-8,16H,5-6,9-10H2,1-2H3;1H. The van der Waals surface area contributed by atoms with Crippen molar-refractivity contribution in [2.75, 3.05) is 27.2 Å². The van der Waals surface area contributed by atoms with Gasteiger partial charge >= 0.3 is 0 Å². The number of likely N-dealkylation sites (N-methyl/N-ethyl adjacent to an activating group) is 1. The van der Waals surface area contributed by atoms with Crippen molar-refractivity contribution in [2.24, 2.45) is 0 Å². The number of benzene rings is 1. The van der Waals surface area contributed by atoms with Crippen LogP contribution < -0.4 is 0 Å². The summed E-state index contributed by atoms with van der Waals surface area (Å²) in [4.78, 5) is 3.34. The fraction of sp³-hybridized carbons (Fsp3) is 0.429. The summed E-state index contributed by atoms with van der Waals surface area (Å²) in [6, 6.07) is 8.22. The van der Waals surface area contributed by atoms with Crippen LogP contribution in [0.15, 0.2) is 24.3 Å². The van der Waals surface area contributed by atoms with Crippen LogP contribution in [0.5, 0.6) is 0 Å². The Morgan fingerprint density at radius 1 is 1.26 bits per heavy atom. The largest absolute Gasteiger partial charge is 0.392 e. The van der Waals surface area contributed by atoms with Gasteiger partial charge in [0.2, 0.25) is 0 Å². The van der Waals surface area contributed by atoms with Crippen molar-refractivity contribution < 1.29 is 9.84 Å². The lowest BCUT2D eigenvalue weighted by Crippen LogP contribution is -2.17. The van der Waals surface area contributed by atoms with Crippen LogP contribution in [-0.2, 0) is 18.0 Å². The van der Waals surface area contributed by atoms with Crippen LogP contribution in [0.3, 0.4) is 0 Å². The molecule has 5 heteroatoms. The first kappa shape index (κ1) is 16.4. The Kier molecular flexibility index (Phi) is 6.75. The SMILES string of the molecule is CN(C)CCOCc1cc2cc(CO)ccc2s1.Cl. The highest BCUT2D eigenvalue weighted by Crippen LogP contribution is 2.27. The number of rotatable bonds is 6. The quantitative estimate of drug-likeness (QED) is 0.833. The van der Waals surface area contributed by atoms with Crippen LogP contribution in [-0.4, -0.2) is 37.3 Å². The molecule has 0 aliphatic heterocycles. The second kappa shape index (κ2) is 7.82. The average Bonchev–Trinajstić information content (AvgIpc) is 2.75. The van der Waals surface area contributed by atoms with Crippen LogP contribution in [0, 0.1) is 0 Å². The molecule has 1 N–H and O–H groups in total. The number of nitrogens with zero attached hydrogens (tertiary/aromatic N) is 1. The van der Waals surface area contributed by atoms with Gasteiger partial charge in [-0.1, -0.05) is 6.07 Å². The third kappa shape index (κ3) is 4.75. The number of hydrogen-bond donors (Lipinski definition) is 1. The molecule has 0 aliphatic carbocycles. The Bertz CT molecular complexity index is 513. The fourth-order valence-electron chi connectivity index (χ4n) is 1.74. The summed E-state index contributed by atoms with van der Waals surface area (Å²) in [6.45, 7) is 2.46. The molecule has 1 aromatic heterocycles. The first-order valence-corrected chi connectivity index (χ1v) is 6.85. The zero-order chi connectivity index (χ0) is 13.0. The number of aliphatic hydroxyl groups excluding tert-OH is 1. The summed E-state index contributed by atoms with van der Waals surface area (Å²) in [5.74, 6) is 0. The van der Waals surface area contributed by atoms with Gasteiger partial charge in [-0.3, -0.25) is 0 Å². The molecular weight excluding hydrogens is 282 g/mol. The summed E-state index contributed by atoms with van der Waals surface area (Å²) in [6.07, 6.45) is 0. The Labute approximate surface area is 124 Å². The number of fused-ring (bicyclic) bond motifs is 1.